The lowest BCUT2D eigenvalue weighted by atomic mass is 10.2. The quantitative estimate of drug-likeness (QED) is 0.848. The summed E-state index contributed by atoms with van der Waals surface area (Å²) < 4.78 is 49.6. The summed E-state index contributed by atoms with van der Waals surface area (Å²) in [7, 11) is 0. The van der Waals surface area contributed by atoms with Gasteiger partial charge in [-0.15, -0.1) is 0 Å². The molecule has 0 aliphatic heterocycles. The number of alkyl halides is 3. The third-order valence-corrected chi connectivity index (χ3v) is 1.90. The molecule has 0 heterocycles. The van der Waals surface area contributed by atoms with Crippen LogP contribution in [0, 0.1) is 5.82 Å². The van der Waals surface area contributed by atoms with E-state index < -0.39 is 36.1 Å². The van der Waals surface area contributed by atoms with Gasteiger partial charge in [-0.25, -0.2) is 4.39 Å². The Kier molecular flexibility index (Phi) is 3.89. The Hall–Kier alpha value is -2.12. The van der Waals surface area contributed by atoms with E-state index in [1.807, 2.05) is 0 Å². The van der Waals surface area contributed by atoms with Gasteiger partial charge in [-0.05, 0) is 18.2 Å². The van der Waals surface area contributed by atoms with Gasteiger partial charge >= 0.3 is 18.1 Å². The van der Waals surface area contributed by atoms with Gasteiger partial charge in [-0.2, -0.15) is 13.2 Å². The summed E-state index contributed by atoms with van der Waals surface area (Å²) in [6.07, 6.45) is -5.23. The Morgan fingerprint density at radius 2 is 1.89 bits per heavy atom. The highest BCUT2D eigenvalue weighted by atomic mass is 19.4. The third-order valence-electron chi connectivity index (χ3n) is 1.90. The number of anilines is 1. The molecule has 0 saturated carbocycles. The van der Waals surface area contributed by atoms with Crippen LogP contribution in [0.3, 0.4) is 0 Å². The lowest BCUT2D eigenvalue weighted by Crippen LogP contribution is -2.44. The molecule has 0 saturated heterocycles. The maximum atomic E-state index is 12.9. The second-order valence-corrected chi connectivity index (χ2v) is 3.26. The molecule has 1 aromatic carbocycles. The van der Waals surface area contributed by atoms with Crippen LogP contribution in [0.5, 0.6) is 0 Å². The van der Waals surface area contributed by atoms with E-state index in [0.717, 1.165) is 18.2 Å². The Morgan fingerprint density at radius 1 is 1.28 bits per heavy atom. The molecule has 0 fully saturated rings. The van der Waals surface area contributed by atoms with Crippen molar-refractivity contribution < 1.29 is 32.3 Å². The fourth-order valence-corrected chi connectivity index (χ4v) is 1.21. The molecular weight excluding hydrogens is 258 g/mol. The average molecular weight is 265 g/mol. The molecule has 0 aliphatic rings. The van der Waals surface area contributed by atoms with Gasteiger partial charge in [0, 0.05) is 5.69 Å². The summed E-state index contributed by atoms with van der Waals surface area (Å²) in [4.78, 5) is 21.4. The van der Waals surface area contributed by atoms with Gasteiger partial charge in [0.1, 0.15) is 12.4 Å². The van der Waals surface area contributed by atoms with E-state index in [-0.39, 0.29) is 4.90 Å². The van der Waals surface area contributed by atoms with Crippen LogP contribution in [0.4, 0.5) is 23.2 Å². The third kappa shape index (κ3) is 3.44. The summed E-state index contributed by atoms with van der Waals surface area (Å²) in [6, 6.07) is 3.69. The topological polar surface area (TPSA) is 57.6 Å². The number of rotatable bonds is 3. The largest absolute Gasteiger partial charge is 0.480 e. The van der Waals surface area contributed by atoms with Crippen molar-refractivity contribution in [2.45, 2.75) is 6.18 Å². The molecule has 1 amide bonds. The first kappa shape index (κ1) is 13.9. The number of amides is 1. The smallest absolute Gasteiger partial charge is 0.471 e. The predicted octanol–water partition coefficient (Wildman–Crippen LogP) is 1.81. The summed E-state index contributed by atoms with van der Waals surface area (Å²) in [5, 5.41) is 8.47. The minimum Gasteiger partial charge on any atom is -0.480 e. The molecule has 18 heavy (non-hydrogen) atoms. The fourth-order valence-electron chi connectivity index (χ4n) is 1.21. The lowest BCUT2D eigenvalue weighted by Gasteiger charge is -2.21. The number of carbonyl (C=O) groups is 2. The second kappa shape index (κ2) is 5.03. The molecule has 0 bridgehead atoms. The van der Waals surface area contributed by atoms with Crippen LogP contribution >= 0.6 is 0 Å². The highest BCUT2D eigenvalue weighted by Crippen LogP contribution is 2.24. The van der Waals surface area contributed by atoms with E-state index in [1.54, 1.807) is 0 Å². The number of hydrogen-bond donors (Lipinski definition) is 1. The van der Waals surface area contributed by atoms with E-state index in [0.29, 0.717) is 6.07 Å². The van der Waals surface area contributed by atoms with Crippen LogP contribution in [-0.2, 0) is 9.59 Å². The molecular formula is C10H7F4NO3. The van der Waals surface area contributed by atoms with Crippen LogP contribution in [0.15, 0.2) is 24.3 Å². The molecule has 0 radical (unpaired) electrons. The number of carboxylic acid groups (broad SMARTS) is 1. The summed E-state index contributed by atoms with van der Waals surface area (Å²) >= 11 is 0. The van der Waals surface area contributed by atoms with Crippen molar-refractivity contribution in [1.29, 1.82) is 0 Å². The summed E-state index contributed by atoms with van der Waals surface area (Å²) in [5.41, 5.74) is -0.472. The number of benzene rings is 1. The van der Waals surface area contributed by atoms with Crippen LogP contribution in [0.1, 0.15) is 0 Å². The molecule has 1 rings (SSSR count). The molecule has 4 nitrogen and oxygen atoms in total. The van der Waals surface area contributed by atoms with E-state index in [1.165, 1.54) is 0 Å². The second-order valence-electron chi connectivity index (χ2n) is 3.26. The Morgan fingerprint density at radius 3 is 2.33 bits per heavy atom. The minimum absolute atomic E-state index is 0.0502. The zero-order valence-electron chi connectivity index (χ0n) is 8.74. The molecule has 0 unspecified atom stereocenters. The minimum atomic E-state index is -5.23. The van der Waals surface area contributed by atoms with Crippen LogP contribution in [0.2, 0.25) is 0 Å². The van der Waals surface area contributed by atoms with Crippen LogP contribution in [-0.4, -0.2) is 29.7 Å². The van der Waals surface area contributed by atoms with Gasteiger partial charge in [-0.3, -0.25) is 14.5 Å². The van der Waals surface area contributed by atoms with E-state index >= 15 is 0 Å². The van der Waals surface area contributed by atoms with Gasteiger partial charge in [0.25, 0.3) is 0 Å². The molecule has 0 aromatic heterocycles. The number of carboxylic acids is 1. The Bertz CT molecular complexity index is 472. The normalized spacial score (nSPS) is 11.1. The fraction of sp³-hybridized carbons (Fsp3) is 0.200. The van der Waals surface area contributed by atoms with E-state index in [2.05, 4.69) is 0 Å². The first-order valence-corrected chi connectivity index (χ1v) is 4.58. The van der Waals surface area contributed by atoms with Crippen molar-refractivity contribution in [2.75, 3.05) is 11.4 Å². The zero-order chi connectivity index (χ0) is 13.9. The van der Waals surface area contributed by atoms with Gasteiger partial charge in [-0.1, -0.05) is 6.07 Å². The van der Waals surface area contributed by atoms with Gasteiger partial charge in [0.05, 0.1) is 0 Å². The Labute approximate surface area is 98.4 Å². The number of halogens is 4. The average Bonchev–Trinajstić information content (AvgIpc) is 2.23. The highest BCUT2D eigenvalue weighted by Gasteiger charge is 2.43. The van der Waals surface area contributed by atoms with E-state index in [4.69, 9.17) is 5.11 Å². The molecule has 1 N–H and O–H groups in total. The van der Waals surface area contributed by atoms with Crippen LogP contribution in [0.25, 0.3) is 0 Å². The standard InChI is InChI=1S/C10H7F4NO3/c11-6-2-1-3-7(4-6)15(5-8(16)17)9(18)10(12,13)14/h1-4H,5H2,(H,16,17). The monoisotopic (exact) mass is 265 g/mol. The molecule has 0 atom stereocenters. The van der Waals surface area contributed by atoms with Gasteiger partial charge in [0.15, 0.2) is 0 Å². The molecule has 0 spiro atoms. The van der Waals surface area contributed by atoms with Crippen molar-refractivity contribution in [3.63, 3.8) is 0 Å². The number of hydrogen-bond acceptors (Lipinski definition) is 2. The van der Waals surface area contributed by atoms with Crippen molar-refractivity contribution in [2.24, 2.45) is 0 Å². The molecule has 8 heteroatoms. The van der Waals surface area contributed by atoms with Crippen molar-refractivity contribution in [3.05, 3.63) is 30.1 Å². The first-order chi connectivity index (χ1) is 8.21. The Balaban J connectivity index is 3.13. The van der Waals surface area contributed by atoms with Crippen molar-refractivity contribution >= 4 is 17.6 Å². The van der Waals surface area contributed by atoms with E-state index in [9.17, 15) is 27.2 Å². The first-order valence-electron chi connectivity index (χ1n) is 4.58. The maximum absolute atomic E-state index is 12.9. The molecule has 0 aliphatic carbocycles. The SMILES string of the molecule is O=C(O)CN(C(=O)C(F)(F)F)c1cccc(F)c1. The number of nitrogens with zero attached hydrogens (tertiary/aromatic N) is 1. The van der Waals surface area contributed by atoms with Crippen LogP contribution < -0.4 is 4.90 Å². The van der Waals surface area contributed by atoms with Gasteiger partial charge < -0.3 is 5.11 Å². The molecule has 1 aromatic rings. The summed E-state index contributed by atoms with van der Waals surface area (Å²) in [6.45, 7) is -1.21. The summed E-state index contributed by atoms with van der Waals surface area (Å²) in [5.74, 6) is -4.88. The van der Waals surface area contributed by atoms with Crippen molar-refractivity contribution in [3.8, 4) is 0 Å². The highest BCUT2D eigenvalue weighted by molar-refractivity contribution is 6.00. The van der Waals surface area contributed by atoms with Crippen molar-refractivity contribution in [1.82, 2.24) is 0 Å². The number of carbonyl (C=O) groups excluding carboxylic acids is 1. The lowest BCUT2D eigenvalue weighted by molar-refractivity contribution is -0.170. The molecule has 98 valence electrons. The number of aliphatic carboxylic acids is 1. The van der Waals surface area contributed by atoms with Gasteiger partial charge in [0.2, 0.25) is 0 Å². The maximum Gasteiger partial charge on any atom is 0.471 e. The predicted molar refractivity (Wildman–Crippen MR) is 52.4 cm³/mol. The zero-order valence-corrected chi connectivity index (χ0v) is 8.74.